The van der Waals surface area contributed by atoms with E-state index in [0.29, 0.717) is 0 Å². The lowest BCUT2D eigenvalue weighted by atomic mass is 10.1. The Bertz CT molecular complexity index is 1190. The minimum atomic E-state index is 0.162. The summed E-state index contributed by atoms with van der Waals surface area (Å²) in [7, 11) is 0. The Balaban J connectivity index is 1.53. The largest absolute Gasteiger partial charge is 0.330 e. The molecule has 0 aliphatic carbocycles. The summed E-state index contributed by atoms with van der Waals surface area (Å²) in [4.78, 5) is 10.3. The van der Waals surface area contributed by atoms with Crippen LogP contribution in [0.1, 0.15) is 22.3 Å². The Morgan fingerprint density at radius 3 is 0.889 bits per heavy atom. The number of anilines is 4. The SMILES string of the molecule is Cc1cccc(N2CN(c3cccc(C)c3)C3C2N(c2cccc(C)c2)CN3c2cccc(C)c2)c1. The normalized spacial score (nSPS) is 19.2. The zero-order valence-corrected chi connectivity index (χ0v) is 21.6. The standard InChI is InChI=1S/C32H34N4/c1-23-9-5-13-27(17-23)33-21-34(28-14-6-10-24(2)18-28)32-31(33)35(29-15-7-11-25(3)19-29)22-36(32)30-16-8-12-26(4)20-30/h5-20,31-32H,21-22H2,1-4H3. The van der Waals surface area contributed by atoms with Crippen LogP contribution in [0.5, 0.6) is 0 Å². The summed E-state index contributed by atoms with van der Waals surface area (Å²) in [5.41, 5.74) is 10.2. The molecule has 0 bridgehead atoms. The molecule has 36 heavy (non-hydrogen) atoms. The molecule has 0 amide bonds. The predicted molar refractivity (Wildman–Crippen MR) is 152 cm³/mol. The van der Waals surface area contributed by atoms with Gasteiger partial charge >= 0.3 is 0 Å². The first-order valence-corrected chi connectivity index (χ1v) is 12.8. The first-order chi connectivity index (χ1) is 17.5. The average molecular weight is 475 g/mol. The van der Waals surface area contributed by atoms with Crippen LogP contribution in [0.2, 0.25) is 0 Å². The fraction of sp³-hybridized carbons (Fsp3) is 0.250. The van der Waals surface area contributed by atoms with Gasteiger partial charge in [-0.3, -0.25) is 0 Å². The highest BCUT2D eigenvalue weighted by atomic mass is 15.6. The minimum absolute atomic E-state index is 0.162. The molecule has 4 aromatic carbocycles. The molecule has 182 valence electrons. The van der Waals surface area contributed by atoms with Crippen LogP contribution in [-0.2, 0) is 0 Å². The van der Waals surface area contributed by atoms with Crippen LogP contribution in [0.4, 0.5) is 22.7 Å². The zero-order chi connectivity index (χ0) is 24.8. The topological polar surface area (TPSA) is 13.0 Å². The smallest absolute Gasteiger partial charge is 0.145 e. The highest BCUT2D eigenvalue weighted by Gasteiger charge is 2.52. The fourth-order valence-electron chi connectivity index (χ4n) is 5.81. The molecule has 0 spiro atoms. The Labute approximate surface area is 215 Å². The maximum atomic E-state index is 2.58. The summed E-state index contributed by atoms with van der Waals surface area (Å²) in [6.45, 7) is 10.4. The second-order valence-corrected chi connectivity index (χ2v) is 10.3. The molecule has 0 atom stereocenters. The molecule has 0 N–H and O–H groups in total. The van der Waals surface area contributed by atoms with Crippen LogP contribution in [0, 0.1) is 27.7 Å². The van der Waals surface area contributed by atoms with Gasteiger partial charge in [0.1, 0.15) is 12.3 Å². The van der Waals surface area contributed by atoms with Crippen molar-refractivity contribution in [2.24, 2.45) is 0 Å². The number of rotatable bonds is 4. The molecule has 4 nitrogen and oxygen atoms in total. The van der Waals surface area contributed by atoms with E-state index in [9.17, 15) is 0 Å². The number of aryl methyl sites for hydroxylation is 4. The lowest BCUT2D eigenvalue weighted by Crippen LogP contribution is -2.46. The fourth-order valence-corrected chi connectivity index (χ4v) is 5.81. The molecule has 4 heteroatoms. The van der Waals surface area contributed by atoms with Crippen molar-refractivity contribution < 1.29 is 0 Å². The number of hydrogen-bond acceptors (Lipinski definition) is 4. The van der Waals surface area contributed by atoms with Crippen LogP contribution in [-0.4, -0.2) is 25.7 Å². The first-order valence-electron chi connectivity index (χ1n) is 12.8. The highest BCUT2D eigenvalue weighted by Crippen LogP contribution is 2.42. The summed E-state index contributed by atoms with van der Waals surface area (Å²) in [5.74, 6) is 0. The van der Waals surface area contributed by atoms with Crippen molar-refractivity contribution in [1.29, 1.82) is 0 Å². The van der Waals surface area contributed by atoms with Gasteiger partial charge in [-0.2, -0.15) is 0 Å². The van der Waals surface area contributed by atoms with E-state index in [2.05, 4.69) is 144 Å². The second kappa shape index (κ2) is 8.94. The quantitative estimate of drug-likeness (QED) is 0.321. The average Bonchev–Trinajstić information content (AvgIpc) is 3.43. The molecular weight excluding hydrogens is 440 g/mol. The second-order valence-electron chi connectivity index (χ2n) is 10.3. The summed E-state index contributed by atoms with van der Waals surface area (Å²) in [6.07, 6.45) is 0.323. The van der Waals surface area contributed by atoms with Gasteiger partial charge in [0.15, 0.2) is 0 Å². The molecule has 2 saturated heterocycles. The molecule has 0 unspecified atom stereocenters. The van der Waals surface area contributed by atoms with Crippen LogP contribution in [0.25, 0.3) is 0 Å². The van der Waals surface area contributed by atoms with Gasteiger partial charge in [-0.25, -0.2) is 0 Å². The van der Waals surface area contributed by atoms with Gasteiger partial charge in [-0.15, -0.1) is 0 Å². The molecule has 2 aliphatic heterocycles. The monoisotopic (exact) mass is 474 g/mol. The summed E-state index contributed by atoms with van der Waals surface area (Å²) in [5, 5.41) is 0. The Morgan fingerprint density at radius 1 is 0.417 bits per heavy atom. The lowest BCUT2D eigenvalue weighted by molar-refractivity contribution is 0.640. The van der Waals surface area contributed by atoms with E-state index in [4.69, 9.17) is 0 Å². The summed E-state index contributed by atoms with van der Waals surface area (Å²) < 4.78 is 0. The number of hydrogen-bond donors (Lipinski definition) is 0. The molecular formula is C32H34N4. The molecule has 2 heterocycles. The van der Waals surface area contributed by atoms with Crippen LogP contribution in [0.15, 0.2) is 97.1 Å². The van der Waals surface area contributed by atoms with Gasteiger partial charge in [0.05, 0.1) is 13.3 Å². The van der Waals surface area contributed by atoms with Gasteiger partial charge < -0.3 is 19.6 Å². The van der Waals surface area contributed by atoms with Crippen molar-refractivity contribution in [3.05, 3.63) is 119 Å². The molecule has 0 aromatic heterocycles. The van der Waals surface area contributed by atoms with Gasteiger partial charge in [0.2, 0.25) is 0 Å². The first kappa shape index (κ1) is 22.5. The van der Waals surface area contributed by atoms with Gasteiger partial charge in [0, 0.05) is 22.7 Å². The predicted octanol–water partition coefficient (Wildman–Crippen LogP) is 6.84. The zero-order valence-electron chi connectivity index (χ0n) is 21.6. The van der Waals surface area contributed by atoms with E-state index in [1.807, 2.05) is 0 Å². The summed E-state index contributed by atoms with van der Waals surface area (Å²) >= 11 is 0. The molecule has 2 aliphatic rings. The highest BCUT2D eigenvalue weighted by molar-refractivity contribution is 5.69. The molecule has 0 saturated carbocycles. The van der Waals surface area contributed by atoms with Gasteiger partial charge in [-0.1, -0.05) is 48.5 Å². The minimum Gasteiger partial charge on any atom is -0.330 e. The molecule has 4 aromatic rings. The summed E-state index contributed by atoms with van der Waals surface area (Å²) in [6, 6.07) is 35.8. The van der Waals surface area contributed by atoms with Crippen LogP contribution in [0.3, 0.4) is 0 Å². The Morgan fingerprint density at radius 2 is 0.667 bits per heavy atom. The maximum absolute atomic E-state index is 2.58. The number of nitrogens with zero attached hydrogens (tertiary/aromatic N) is 4. The van der Waals surface area contributed by atoms with Crippen molar-refractivity contribution in [3.8, 4) is 0 Å². The van der Waals surface area contributed by atoms with Crippen molar-refractivity contribution in [2.75, 3.05) is 32.9 Å². The lowest BCUT2D eigenvalue weighted by Gasteiger charge is -2.33. The van der Waals surface area contributed by atoms with E-state index >= 15 is 0 Å². The van der Waals surface area contributed by atoms with E-state index < -0.39 is 0 Å². The number of fused-ring (bicyclic) bond motifs is 1. The van der Waals surface area contributed by atoms with Gasteiger partial charge in [-0.05, 0) is 98.5 Å². The third-order valence-corrected chi connectivity index (χ3v) is 7.49. The maximum Gasteiger partial charge on any atom is 0.145 e. The van der Waals surface area contributed by atoms with Crippen LogP contribution < -0.4 is 19.6 Å². The van der Waals surface area contributed by atoms with E-state index in [-0.39, 0.29) is 12.3 Å². The van der Waals surface area contributed by atoms with Crippen molar-refractivity contribution in [1.82, 2.24) is 0 Å². The third-order valence-electron chi connectivity index (χ3n) is 7.49. The molecule has 2 fully saturated rings. The van der Waals surface area contributed by atoms with E-state index in [1.165, 1.54) is 45.0 Å². The number of benzene rings is 4. The van der Waals surface area contributed by atoms with Crippen molar-refractivity contribution in [3.63, 3.8) is 0 Å². The Kier molecular flexibility index (Phi) is 5.60. The van der Waals surface area contributed by atoms with E-state index in [0.717, 1.165) is 13.3 Å². The molecule has 0 radical (unpaired) electrons. The third kappa shape index (κ3) is 3.97. The van der Waals surface area contributed by atoms with Crippen molar-refractivity contribution >= 4 is 22.7 Å². The van der Waals surface area contributed by atoms with Crippen LogP contribution >= 0.6 is 0 Å². The van der Waals surface area contributed by atoms with Crippen molar-refractivity contribution in [2.45, 2.75) is 40.0 Å². The Hall–Kier alpha value is -3.92. The van der Waals surface area contributed by atoms with E-state index in [1.54, 1.807) is 0 Å². The van der Waals surface area contributed by atoms with Gasteiger partial charge in [0.25, 0.3) is 0 Å². The molecule has 6 rings (SSSR count).